The van der Waals surface area contributed by atoms with Gasteiger partial charge in [-0.25, -0.2) is 0 Å². The zero-order valence-electron chi connectivity index (χ0n) is 8.26. The molecule has 1 fully saturated rings. The summed E-state index contributed by atoms with van der Waals surface area (Å²) in [5, 5.41) is 0.790. The number of amides is 1. The van der Waals surface area contributed by atoms with Crippen LogP contribution in [0.4, 0.5) is 0 Å². The predicted molar refractivity (Wildman–Crippen MR) is 58.0 cm³/mol. The second kappa shape index (κ2) is 5.63. The van der Waals surface area contributed by atoms with Gasteiger partial charge in [-0.3, -0.25) is 4.79 Å². The molecule has 0 aromatic carbocycles. The number of rotatable bonds is 2. The first kappa shape index (κ1) is 11.0. The Morgan fingerprint density at radius 3 is 2.92 bits per heavy atom. The maximum atomic E-state index is 11.6. The van der Waals surface area contributed by atoms with E-state index >= 15 is 0 Å². The molecule has 0 bridgehead atoms. The molecule has 1 atom stereocenters. The third kappa shape index (κ3) is 3.67. The molecule has 1 heterocycles. The minimum Gasteiger partial charge on any atom is -0.343 e. The van der Waals surface area contributed by atoms with Crippen LogP contribution in [0.15, 0.2) is 0 Å². The first-order chi connectivity index (χ1) is 6.24. The van der Waals surface area contributed by atoms with Gasteiger partial charge in [0.15, 0.2) is 0 Å². The highest BCUT2D eigenvalue weighted by molar-refractivity contribution is 9.09. The molecule has 0 N–H and O–H groups in total. The maximum Gasteiger partial charge on any atom is 0.223 e. The van der Waals surface area contributed by atoms with Gasteiger partial charge >= 0.3 is 0 Å². The number of nitrogens with zero attached hydrogens (tertiary/aromatic N) is 1. The zero-order valence-corrected chi connectivity index (χ0v) is 9.85. The molecule has 1 unspecified atom stereocenters. The standard InChI is InChI=1S/C10H18BrNO/c1-9-3-2-7-12(8-5-9)10(13)4-6-11/h9H,2-8H2,1H3. The number of hydrogen-bond donors (Lipinski definition) is 0. The largest absolute Gasteiger partial charge is 0.343 e. The Balaban J connectivity index is 2.37. The quantitative estimate of drug-likeness (QED) is 0.687. The molecule has 0 saturated carbocycles. The molecule has 1 rings (SSSR count). The Kier molecular flexibility index (Phi) is 4.78. The minimum absolute atomic E-state index is 0.311. The lowest BCUT2D eigenvalue weighted by atomic mass is 10.0. The fraction of sp³-hybridized carbons (Fsp3) is 0.900. The number of halogens is 1. The minimum atomic E-state index is 0.311. The number of carbonyl (C=O) groups is 1. The molecule has 1 aliphatic rings. The van der Waals surface area contributed by atoms with Crippen molar-refractivity contribution in [2.24, 2.45) is 5.92 Å². The van der Waals surface area contributed by atoms with E-state index in [0.717, 1.165) is 24.3 Å². The number of alkyl halides is 1. The fourth-order valence-electron chi connectivity index (χ4n) is 1.75. The van der Waals surface area contributed by atoms with E-state index in [2.05, 4.69) is 22.9 Å². The third-order valence-corrected chi connectivity index (χ3v) is 3.07. The summed E-state index contributed by atoms with van der Waals surface area (Å²) in [5.41, 5.74) is 0. The van der Waals surface area contributed by atoms with Crippen molar-refractivity contribution in [3.63, 3.8) is 0 Å². The van der Waals surface area contributed by atoms with Gasteiger partial charge in [-0.15, -0.1) is 0 Å². The smallest absolute Gasteiger partial charge is 0.223 e. The van der Waals surface area contributed by atoms with Crippen molar-refractivity contribution in [1.29, 1.82) is 0 Å². The monoisotopic (exact) mass is 247 g/mol. The maximum absolute atomic E-state index is 11.6. The highest BCUT2D eigenvalue weighted by atomic mass is 79.9. The summed E-state index contributed by atoms with van der Waals surface area (Å²) in [6.07, 6.45) is 4.27. The lowest BCUT2D eigenvalue weighted by molar-refractivity contribution is -0.130. The van der Waals surface area contributed by atoms with Crippen molar-refractivity contribution in [3.8, 4) is 0 Å². The SMILES string of the molecule is CC1CCCN(C(=O)CCBr)CC1. The lowest BCUT2D eigenvalue weighted by Gasteiger charge is -2.19. The summed E-state index contributed by atoms with van der Waals surface area (Å²) < 4.78 is 0. The highest BCUT2D eigenvalue weighted by Gasteiger charge is 2.17. The van der Waals surface area contributed by atoms with E-state index in [4.69, 9.17) is 0 Å². The molecule has 0 aromatic rings. The van der Waals surface area contributed by atoms with Gasteiger partial charge in [0, 0.05) is 24.8 Å². The molecule has 0 aliphatic carbocycles. The van der Waals surface area contributed by atoms with Crippen molar-refractivity contribution >= 4 is 21.8 Å². The molecule has 2 nitrogen and oxygen atoms in total. The van der Waals surface area contributed by atoms with Crippen molar-refractivity contribution in [2.75, 3.05) is 18.4 Å². The van der Waals surface area contributed by atoms with Crippen LogP contribution in [-0.2, 0) is 4.79 Å². The predicted octanol–water partition coefficient (Wildman–Crippen LogP) is 2.42. The number of likely N-dealkylation sites (tertiary alicyclic amines) is 1. The molecule has 13 heavy (non-hydrogen) atoms. The molecule has 0 radical (unpaired) electrons. The molecular formula is C10H18BrNO. The molecule has 1 amide bonds. The Hall–Kier alpha value is -0.0500. The molecule has 0 spiro atoms. The van der Waals surface area contributed by atoms with Gasteiger partial charge in [-0.05, 0) is 25.2 Å². The van der Waals surface area contributed by atoms with Crippen LogP contribution >= 0.6 is 15.9 Å². The molecular weight excluding hydrogens is 230 g/mol. The van der Waals surface area contributed by atoms with Crippen LogP contribution in [-0.4, -0.2) is 29.2 Å². The van der Waals surface area contributed by atoms with E-state index in [1.165, 1.54) is 19.3 Å². The van der Waals surface area contributed by atoms with E-state index in [9.17, 15) is 4.79 Å². The van der Waals surface area contributed by atoms with Crippen LogP contribution in [0.5, 0.6) is 0 Å². The first-order valence-electron chi connectivity index (χ1n) is 5.07. The summed E-state index contributed by atoms with van der Waals surface area (Å²) in [7, 11) is 0. The molecule has 3 heteroatoms. The van der Waals surface area contributed by atoms with Gasteiger partial charge in [0.25, 0.3) is 0 Å². The van der Waals surface area contributed by atoms with Crippen molar-refractivity contribution < 1.29 is 4.79 Å². The van der Waals surface area contributed by atoms with Gasteiger partial charge < -0.3 is 4.90 Å². The van der Waals surface area contributed by atoms with Crippen molar-refractivity contribution in [2.45, 2.75) is 32.6 Å². The third-order valence-electron chi connectivity index (χ3n) is 2.68. The van der Waals surface area contributed by atoms with Crippen LogP contribution in [0.25, 0.3) is 0 Å². The summed E-state index contributed by atoms with van der Waals surface area (Å²) in [4.78, 5) is 13.6. The Labute approximate surface area is 88.8 Å². The van der Waals surface area contributed by atoms with E-state index in [-0.39, 0.29) is 0 Å². The summed E-state index contributed by atoms with van der Waals surface area (Å²) >= 11 is 3.30. The first-order valence-corrected chi connectivity index (χ1v) is 6.20. The second-order valence-corrected chi connectivity index (χ2v) is 4.65. The number of hydrogen-bond acceptors (Lipinski definition) is 1. The van der Waals surface area contributed by atoms with Crippen LogP contribution < -0.4 is 0 Å². The van der Waals surface area contributed by atoms with Crippen LogP contribution in [0, 0.1) is 5.92 Å². The Morgan fingerprint density at radius 2 is 2.23 bits per heavy atom. The van der Waals surface area contributed by atoms with Crippen LogP contribution in [0.2, 0.25) is 0 Å². The summed E-state index contributed by atoms with van der Waals surface area (Å²) in [6.45, 7) is 4.21. The van der Waals surface area contributed by atoms with E-state index in [1.807, 2.05) is 4.90 Å². The molecule has 1 saturated heterocycles. The topological polar surface area (TPSA) is 20.3 Å². The normalized spacial score (nSPS) is 24.2. The molecule has 1 aliphatic heterocycles. The van der Waals surface area contributed by atoms with E-state index in [0.29, 0.717) is 12.3 Å². The molecule has 76 valence electrons. The second-order valence-electron chi connectivity index (χ2n) is 3.86. The summed E-state index contributed by atoms with van der Waals surface area (Å²) in [5.74, 6) is 1.10. The highest BCUT2D eigenvalue weighted by Crippen LogP contribution is 2.16. The molecule has 0 aromatic heterocycles. The van der Waals surface area contributed by atoms with Crippen LogP contribution in [0.1, 0.15) is 32.6 Å². The van der Waals surface area contributed by atoms with Crippen molar-refractivity contribution in [1.82, 2.24) is 4.90 Å². The van der Waals surface area contributed by atoms with Gasteiger partial charge in [0.05, 0.1) is 0 Å². The van der Waals surface area contributed by atoms with Gasteiger partial charge in [0.2, 0.25) is 5.91 Å². The fourth-order valence-corrected chi connectivity index (χ4v) is 2.09. The van der Waals surface area contributed by atoms with E-state index < -0.39 is 0 Å². The Bertz CT molecular complexity index is 172. The zero-order chi connectivity index (χ0) is 9.68. The average Bonchev–Trinajstić information content (AvgIpc) is 2.30. The Morgan fingerprint density at radius 1 is 1.46 bits per heavy atom. The number of carbonyl (C=O) groups excluding carboxylic acids is 1. The average molecular weight is 248 g/mol. The lowest BCUT2D eigenvalue weighted by Crippen LogP contribution is -2.31. The van der Waals surface area contributed by atoms with Gasteiger partial charge in [0.1, 0.15) is 0 Å². The van der Waals surface area contributed by atoms with Gasteiger partial charge in [-0.1, -0.05) is 22.9 Å². The van der Waals surface area contributed by atoms with Crippen LogP contribution in [0.3, 0.4) is 0 Å². The van der Waals surface area contributed by atoms with Crippen molar-refractivity contribution in [3.05, 3.63) is 0 Å². The van der Waals surface area contributed by atoms with Gasteiger partial charge in [-0.2, -0.15) is 0 Å². The summed E-state index contributed by atoms with van der Waals surface area (Å²) in [6, 6.07) is 0. The van der Waals surface area contributed by atoms with E-state index in [1.54, 1.807) is 0 Å².